The number of nitrogens with zero attached hydrogens (tertiary/aromatic N) is 1. The minimum Gasteiger partial charge on any atom is -0.481 e. The lowest BCUT2D eigenvalue weighted by atomic mass is 10.3. The van der Waals surface area contributed by atoms with Crippen LogP contribution in [0.5, 0.6) is 0 Å². The van der Waals surface area contributed by atoms with Gasteiger partial charge < -0.3 is 5.11 Å². The molecule has 1 aromatic rings. The van der Waals surface area contributed by atoms with E-state index in [1.807, 2.05) is 12.3 Å². The molecule has 0 bridgehead atoms. The number of aromatic nitrogens is 1. The van der Waals surface area contributed by atoms with E-state index in [9.17, 15) is 13.2 Å². The molecule has 0 aliphatic rings. The van der Waals surface area contributed by atoms with Crippen LogP contribution in [0.15, 0.2) is 5.38 Å². The lowest BCUT2D eigenvalue weighted by Crippen LogP contribution is -2.29. The van der Waals surface area contributed by atoms with Crippen LogP contribution < -0.4 is 4.72 Å². The second-order valence-electron chi connectivity index (χ2n) is 3.98. The van der Waals surface area contributed by atoms with E-state index in [0.717, 1.165) is 5.69 Å². The summed E-state index contributed by atoms with van der Waals surface area (Å²) in [5, 5.41) is 11.0. The van der Waals surface area contributed by atoms with Crippen molar-refractivity contribution in [1.29, 1.82) is 0 Å². The lowest BCUT2D eigenvalue weighted by molar-refractivity contribution is -0.137. The molecular weight excluding hydrogens is 276 g/mol. The first-order chi connectivity index (χ1) is 8.30. The predicted molar refractivity (Wildman–Crippen MR) is 69.1 cm³/mol. The number of carboxylic acids is 1. The van der Waals surface area contributed by atoms with Gasteiger partial charge in [-0.2, -0.15) is 0 Å². The number of hydrogen-bond donors (Lipinski definition) is 2. The van der Waals surface area contributed by atoms with Gasteiger partial charge in [0.1, 0.15) is 5.01 Å². The zero-order valence-electron chi connectivity index (χ0n) is 10.2. The Balaban J connectivity index is 2.52. The molecule has 1 unspecified atom stereocenters. The average molecular weight is 292 g/mol. The third-order valence-electron chi connectivity index (χ3n) is 2.17. The largest absolute Gasteiger partial charge is 0.481 e. The summed E-state index contributed by atoms with van der Waals surface area (Å²) in [4.78, 5) is 14.5. The maximum Gasteiger partial charge on any atom is 0.303 e. The Bertz CT molecular complexity index is 510. The number of aliphatic carboxylic acids is 1. The Kier molecular flexibility index (Phi) is 5.24. The molecule has 0 radical (unpaired) electrons. The fourth-order valence-corrected chi connectivity index (χ4v) is 3.53. The van der Waals surface area contributed by atoms with Crippen LogP contribution in [0.4, 0.5) is 0 Å². The van der Waals surface area contributed by atoms with Gasteiger partial charge in [-0.25, -0.2) is 18.1 Å². The summed E-state index contributed by atoms with van der Waals surface area (Å²) in [7, 11) is -3.46. The quantitative estimate of drug-likeness (QED) is 0.789. The fourth-order valence-electron chi connectivity index (χ4n) is 1.36. The first-order valence-corrected chi connectivity index (χ1v) is 7.97. The van der Waals surface area contributed by atoms with Crippen LogP contribution in [0.1, 0.15) is 36.5 Å². The SMILES string of the molecule is Cc1csc(C(C)NS(=O)(=O)CCCC(=O)O)n1. The molecule has 0 amide bonds. The molecule has 1 atom stereocenters. The van der Waals surface area contributed by atoms with Crippen molar-refractivity contribution in [3.05, 3.63) is 16.1 Å². The molecule has 2 N–H and O–H groups in total. The molecular formula is C10H16N2O4S2. The van der Waals surface area contributed by atoms with E-state index in [-0.39, 0.29) is 18.6 Å². The third-order valence-corrected chi connectivity index (χ3v) is 4.85. The summed E-state index contributed by atoms with van der Waals surface area (Å²) in [6, 6.07) is -0.390. The maximum atomic E-state index is 11.7. The van der Waals surface area contributed by atoms with Crippen molar-refractivity contribution in [3.63, 3.8) is 0 Å². The molecule has 0 aromatic carbocycles. The first kappa shape index (κ1) is 15.1. The molecule has 0 aliphatic carbocycles. The number of hydrogen-bond acceptors (Lipinski definition) is 5. The first-order valence-electron chi connectivity index (χ1n) is 5.44. The van der Waals surface area contributed by atoms with Crippen LogP contribution in [0, 0.1) is 6.92 Å². The third kappa shape index (κ3) is 5.11. The highest BCUT2D eigenvalue weighted by molar-refractivity contribution is 7.89. The van der Waals surface area contributed by atoms with Gasteiger partial charge >= 0.3 is 5.97 Å². The molecule has 1 rings (SSSR count). The van der Waals surface area contributed by atoms with E-state index in [4.69, 9.17) is 5.11 Å². The zero-order valence-corrected chi connectivity index (χ0v) is 11.8. The van der Waals surface area contributed by atoms with Crippen molar-refractivity contribution in [2.75, 3.05) is 5.75 Å². The molecule has 6 nitrogen and oxygen atoms in total. The number of thiazole rings is 1. The van der Waals surface area contributed by atoms with Crippen LogP contribution in [0.3, 0.4) is 0 Å². The van der Waals surface area contributed by atoms with E-state index < -0.39 is 22.0 Å². The maximum absolute atomic E-state index is 11.7. The highest BCUT2D eigenvalue weighted by Gasteiger charge is 2.18. The van der Waals surface area contributed by atoms with Gasteiger partial charge in [-0.1, -0.05) is 0 Å². The standard InChI is InChI=1S/C10H16N2O4S2/c1-7-6-17-10(11-7)8(2)12-18(15,16)5-3-4-9(13)14/h6,8,12H,3-5H2,1-2H3,(H,13,14). The van der Waals surface area contributed by atoms with E-state index in [1.54, 1.807) is 6.92 Å². The predicted octanol–water partition coefficient (Wildman–Crippen LogP) is 1.30. The van der Waals surface area contributed by atoms with Gasteiger partial charge in [0.25, 0.3) is 0 Å². The van der Waals surface area contributed by atoms with Crippen molar-refractivity contribution < 1.29 is 18.3 Å². The summed E-state index contributed by atoms with van der Waals surface area (Å²) >= 11 is 1.39. The van der Waals surface area contributed by atoms with Crippen molar-refractivity contribution in [1.82, 2.24) is 9.71 Å². The summed E-state index contributed by atoms with van der Waals surface area (Å²) < 4.78 is 25.8. The Hall–Kier alpha value is -0.990. The highest BCUT2D eigenvalue weighted by atomic mass is 32.2. The van der Waals surface area contributed by atoms with Gasteiger partial charge in [0.05, 0.1) is 11.8 Å². The molecule has 8 heteroatoms. The van der Waals surface area contributed by atoms with Crippen LogP contribution in [-0.4, -0.2) is 30.2 Å². The molecule has 0 saturated heterocycles. The van der Waals surface area contributed by atoms with Crippen molar-refractivity contribution in [3.8, 4) is 0 Å². The Morgan fingerprint density at radius 1 is 1.61 bits per heavy atom. The van der Waals surface area contributed by atoms with Crippen molar-refractivity contribution in [2.24, 2.45) is 0 Å². The average Bonchev–Trinajstić information content (AvgIpc) is 2.63. The summed E-state index contributed by atoms with van der Waals surface area (Å²) in [6.45, 7) is 3.56. The molecule has 0 fully saturated rings. The normalized spacial score (nSPS) is 13.4. The molecule has 18 heavy (non-hydrogen) atoms. The molecule has 0 spiro atoms. The molecule has 102 valence electrons. The number of aryl methyl sites for hydroxylation is 1. The lowest BCUT2D eigenvalue weighted by Gasteiger charge is -2.11. The highest BCUT2D eigenvalue weighted by Crippen LogP contribution is 2.18. The minimum atomic E-state index is -3.46. The van der Waals surface area contributed by atoms with Crippen molar-refractivity contribution >= 4 is 27.3 Å². The Morgan fingerprint density at radius 2 is 2.28 bits per heavy atom. The fraction of sp³-hybridized carbons (Fsp3) is 0.600. The Labute approximate surface area is 110 Å². The topological polar surface area (TPSA) is 96.4 Å². The van der Waals surface area contributed by atoms with Crippen LogP contribution in [-0.2, 0) is 14.8 Å². The minimum absolute atomic E-state index is 0.105. The van der Waals surface area contributed by atoms with Gasteiger partial charge in [0.15, 0.2) is 0 Å². The van der Waals surface area contributed by atoms with Crippen LogP contribution >= 0.6 is 11.3 Å². The van der Waals surface area contributed by atoms with E-state index in [1.165, 1.54) is 11.3 Å². The van der Waals surface area contributed by atoms with Crippen LogP contribution in [0.2, 0.25) is 0 Å². The van der Waals surface area contributed by atoms with Crippen molar-refractivity contribution in [2.45, 2.75) is 32.7 Å². The zero-order chi connectivity index (χ0) is 13.8. The molecule has 1 heterocycles. The number of carbonyl (C=O) groups is 1. The van der Waals surface area contributed by atoms with Gasteiger partial charge in [-0.05, 0) is 20.3 Å². The van der Waals surface area contributed by atoms with E-state index >= 15 is 0 Å². The second kappa shape index (κ2) is 6.26. The number of carboxylic acid groups (broad SMARTS) is 1. The van der Waals surface area contributed by atoms with E-state index in [0.29, 0.717) is 5.01 Å². The van der Waals surface area contributed by atoms with E-state index in [2.05, 4.69) is 9.71 Å². The van der Waals surface area contributed by atoms with Crippen LogP contribution in [0.25, 0.3) is 0 Å². The molecule has 0 saturated carbocycles. The number of sulfonamides is 1. The summed E-state index contributed by atoms with van der Waals surface area (Å²) in [6.07, 6.45) is -0.0417. The summed E-state index contributed by atoms with van der Waals surface area (Å²) in [5.41, 5.74) is 0.854. The van der Waals surface area contributed by atoms with Gasteiger partial charge in [-0.15, -0.1) is 11.3 Å². The summed E-state index contributed by atoms with van der Waals surface area (Å²) in [5.74, 6) is -1.18. The molecule has 1 aromatic heterocycles. The van der Waals surface area contributed by atoms with Gasteiger partial charge in [0.2, 0.25) is 10.0 Å². The Morgan fingerprint density at radius 3 is 2.78 bits per heavy atom. The smallest absolute Gasteiger partial charge is 0.303 e. The number of rotatable bonds is 7. The monoisotopic (exact) mass is 292 g/mol. The van der Waals surface area contributed by atoms with Gasteiger partial charge in [-0.3, -0.25) is 4.79 Å². The van der Waals surface area contributed by atoms with Gasteiger partial charge in [0, 0.05) is 17.5 Å². The number of nitrogens with one attached hydrogen (secondary N) is 1. The molecule has 0 aliphatic heterocycles. The second-order valence-corrected chi connectivity index (χ2v) is 6.75.